The fraction of sp³-hybridized carbons (Fsp3) is 0.625. The fourth-order valence-corrected chi connectivity index (χ4v) is 3.34. The zero-order chi connectivity index (χ0) is 11.7. The van der Waals surface area contributed by atoms with Gasteiger partial charge in [-0.25, -0.2) is 0 Å². The van der Waals surface area contributed by atoms with Crippen LogP contribution in [0.4, 0.5) is 0 Å². The van der Waals surface area contributed by atoms with E-state index >= 15 is 0 Å². The number of nitrogens with two attached hydrogens (primary N) is 1. The van der Waals surface area contributed by atoms with Crippen molar-refractivity contribution in [3.8, 4) is 0 Å². The molecule has 1 heteroatoms. The average Bonchev–Trinajstić information content (AvgIpc) is 3.02. The largest absolute Gasteiger partial charge is 0.330 e. The van der Waals surface area contributed by atoms with Crippen LogP contribution < -0.4 is 5.73 Å². The molecule has 0 saturated heterocycles. The lowest BCUT2D eigenvalue weighted by Crippen LogP contribution is -2.19. The maximum atomic E-state index is 5.91. The summed E-state index contributed by atoms with van der Waals surface area (Å²) in [6.07, 6.45) is 9.62. The van der Waals surface area contributed by atoms with Gasteiger partial charge in [-0.3, -0.25) is 0 Å². The van der Waals surface area contributed by atoms with Crippen molar-refractivity contribution >= 4 is 0 Å². The van der Waals surface area contributed by atoms with Crippen molar-refractivity contribution in [1.29, 1.82) is 0 Å². The van der Waals surface area contributed by atoms with Gasteiger partial charge in [0, 0.05) is 12.0 Å². The Kier molecular flexibility index (Phi) is 2.96. The molecule has 0 radical (unpaired) electrons. The average molecular weight is 229 g/mol. The number of benzene rings is 1. The maximum Gasteiger partial charge on any atom is 0.00763 e. The first-order chi connectivity index (χ1) is 8.32. The van der Waals surface area contributed by atoms with Crippen LogP contribution in [0, 0.1) is 5.92 Å². The standard InChI is InChI=1S/C16H23N/c17-12-16(8-9-16)15-7-3-6-14(11-15)10-13-4-1-2-5-13/h3,6-7,11,13H,1-2,4-5,8-10,12,17H2. The molecular formula is C16H23N. The summed E-state index contributed by atoms with van der Waals surface area (Å²) in [6.45, 7) is 0.819. The Morgan fingerprint density at radius 2 is 1.94 bits per heavy atom. The minimum atomic E-state index is 0.353. The van der Waals surface area contributed by atoms with Crippen LogP contribution in [0.25, 0.3) is 0 Å². The van der Waals surface area contributed by atoms with Gasteiger partial charge in [0.15, 0.2) is 0 Å². The van der Waals surface area contributed by atoms with Crippen molar-refractivity contribution in [1.82, 2.24) is 0 Å². The molecule has 1 aromatic carbocycles. The molecule has 2 N–H and O–H groups in total. The number of hydrogen-bond acceptors (Lipinski definition) is 1. The van der Waals surface area contributed by atoms with E-state index in [2.05, 4.69) is 24.3 Å². The van der Waals surface area contributed by atoms with Crippen LogP contribution in [0.2, 0.25) is 0 Å². The van der Waals surface area contributed by atoms with E-state index in [0.717, 1.165) is 12.5 Å². The Hall–Kier alpha value is -0.820. The molecule has 0 atom stereocenters. The lowest BCUT2D eigenvalue weighted by Gasteiger charge is -2.15. The molecule has 0 bridgehead atoms. The van der Waals surface area contributed by atoms with E-state index in [9.17, 15) is 0 Å². The van der Waals surface area contributed by atoms with E-state index < -0.39 is 0 Å². The molecule has 2 aliphatic rings. The number of hydrogen-bond donors (Lipinski definition) is 1. The second-order valence-electron chi connectivity index (χ2n) is 6.04. The lowest BCUT2D eigenvalue weighted by atomic mass is 9.91. The summed E-state index contributed by atoms with van der Waals surface area (Å²) in [6, 6.07) is 9.24. The molecule has 2 saturated carbocycles. The maximum absolute atomic E-state index is 5.91. The van der Waals surface area contributed by atoms with E-state index in [1.54, 1.807) is 0 Å². The fourth-order valence-electron chi connectivity index (χ4n) is 3.34. The predicted octanol–water partition coefficient (Wildman–Crippen LogP) is 3.41. The third-order valence-electron chi connectivity index (χ3n) is 4.78. The molecule has 0 aromatic heterocycles. The highest BCUT2D eigenvalue weighted by molar-refractivity contribution is 5.35. The van der Waals surface area contributed by atoms with Crippen LogP contribution in [0.5, 0.6) is 0 Å². The molecule has 2 aliphatic carbocycles. The van der Waals surface area contributed by atoms with Crippen LogP contribution in [0.15, 0.2) is 24.3 Å². The Bertz CT molecular complexity index is 386. The topological polar surface area (TPSA) is 26.0 Å². The summed E-state index contributed by atoms with van der Waals surface area (Å²) in [4.78, 5) is 0. The summed E-state index contributed by atoms with van der Waals surface area (Å²) in [5.41, 5.74) is 9.30. The van der Waals surface area contributed by atoms with E-state index in [1.807, 2.05) is 0 Å². The van der Waals surface area contributed by atoms with Crippen molar-refractivity contribution in [2.75, 3.05) is 6.54 Å². The van der Waals surface area contributed by atoms with Gasteiger partial charge in [-0.2, -0.15) is 0 Å². The zero-order valence-corrected chi connectivity index (χ0v) is 10.6. The lowest BCUT2D eigenvalue weighted by molar-refractivity contribution is 0.545. The molecule has 1 nitrogen and oxygen atoms in total. The molecule has 3 rings (SSSR count). The summed E-state index contributed by atoms with van der Waals surface area (Å²) < 4.78 is 0. The Balaban J connectivity index is 1.74. The van der Waals surface area contributed by atoms with Crippen molar-refractivity contribution in [2.45, 2.75) is 50.4 Å². The minimum absolute atomic E-state index is 0.353. The van der Waals surface area contributed by atoms with Crippen LogP contribution >= 0.6 is 0 Å². The van der Waals surface area contributed by atoms with Crippen LogP contribution in [0.3, 0.4) is 0 Å². The molecule has 0 heterocycles. The Labute approximate surface area is 104 Å². The van der Waals surface area contributed by atoms with Gasteiger partial charge in [-0.05, 0) is 36.3 Å². The first-order valence-corrected chi connectivity index (χ1v) is 7.12. The van der Waals surface area contributed by atoms with Gasteiger partial charge in [-0.15, -0.1) is 0 Å². The van der Waals surface area contributed by atoms with Gasteiger partial charge in [-0.1, -0.05) is 49.9 Å². The molecule has 2 fully saturated rings. The quantitative estimate of drug-likeness (QED) is 0.841. The highest BCUT2D eigenvalue weighted by Crippen LogP contribution is 2.47. The number of rotatable bonds is 4. The van der Waals surface area contributed by atoms with Crippen molar-refractivity contribution in [2.24, 2.45) is 11.7 Å². The normalized spacial score (nSPS) is 22.9. The van der Waals surface area contributed by atoms with Crippen molar-refractivity contribution in [3.05, 3.63) is 35.4 Å². The van der Waals surface area contributed by atoms with Crippen LogP contribution in [-0.4, -0.2) is 6.54 Å². The monoisotopic (exact) mass is 229 g/mol. The minimum Gasteiger partial charge on any atom is -0.330 e. The predicted molar refractivity (Wildman–Crippen MR) is 72.1 cm³/mol. The van der Waals surface area contributed by atoms with Crippen LogP contribution in [-0.2, 0) is 11.8 Å². The molecule has 0 unspecified atom stereocenters. The first-order valence-electron chi connectivity index (χ1n) is 7.12. The summed E-state index contributed by atoms with van der Waals surface area (Å²) in [5, 5.41) is 0. The molecule has 0 amide bonds. The molecule has 0 aliphatic heterocycles. The smallest absolute Gasteiger partial charge is 0.00763 e. The summed E-state index contributed by atoms with van der Waals surface area (Å²) in [5.74, 6) is 0.943. The second kappa shape index (κ2) is 4.45. The van der Waals surface area contributed by atoms with Crippen LogP contribution in [0.1, 0.15) is 49.7 Å². The van der Waals surface area contributed by atoms with E-state index in [-0.39, 0.29) is 0 Å². The summed E-state index contributed by atoms with van der Waals surface area (Å²) in [7, 11) is 0. The van der Waals surface area contributed by atoms with Gasteiger partial charge < -0.3 is 5.73 Å². The highest BCUT2D eigenvalue weighted by atomic mass is 14.7. The summed E-state index contributed by atoms with van der Waals surface area (Å²) >= 11 is 0. The molecule has 1 aromatic rings. The SMILES string of the molecule is NCC1(c2cccc(CC3CCCC3)c2)CC1. The third-order valence-corrected chi connectivity index (χ3v) is 4.78. The zero-order valence-electron chi connectivity index (χ0n) is 10.6. The van der Waals surface area contributed by atoms with Crippen molar-refractivity contribution in [3.63, 3.8) is 0 Å². The van der Waals surface area contributed by atoms with Gasteiger partial charge in [0.1, 0.15) is 0 Å². The molecule has 0 spiro atoms. The second-order valence-corrected chi connectivity index (χ2v) is 6.04. The molecular weight excluding hydrogens is 206 g/mol. The van der Waals surface area contributed by atoms with Gasteiger partial charge in [0.2, 0.25) is 0 Å². The van der Waals surface area contributed by atoms with Gasteiger partial charge in [0.05, 0.1) is 0 Å². The molecule has 92 valence electrons. The molecule has 17 heavy (non-hydrogen) atoms. The third kappa shape index (κ3) is 2.26. The van der Waals surface area contributed by atoms with Gasteiger partial charge in [0.25, 0.3) is 0 Å². The first kappa shape index (κ1) is 11.3. The Morgan fingerprint density at radius 1 is 1.18 bits per heavy atom. The van der Waals surface area contributed by atoms with Gasteiger partial charge >= 0.3 is 0 Å². The van der Waals surface area contributed by atoms with Crippen molar-refractivity contribution < 1.29 is 0 Å². The highest BCUT2D eigenvalue weighted by Gasteiger charge is 2.42. The van der Waals surface area contributed by atoms with E-state index in [4.69, 9.17) is 5.73 Å². The Morgan fingerprint density at radius 3 is 2.59 bits per heavy atom. The van der Waals surface area contributed by atoms with E-state index in [0.29, 0.717) is 5.41 Å². The van der Waals surface area contributed by atoms with E-state index in [1.165, 1.54) is 56.1 Å².